The Labute approximate surface area is 193 Å². The van der Waals surface area contributed by atoms with E-state index in [1.165, 1.54) is 62.5 Å². The van der Waals surface area contributed by atoms with Gasteiger partial charge in [0.05, 0.1) is 6.10 Å². The van der Waals surface area contributed by atoms with Crippen molar-refractivity contribution in [2.24, 2.45) is 45.3 Å². The molecule has 1 N–H and O–H groups in total. The van der Waals surface area contributed by atoms with Gasteiger partial charge in [-0.05, 0) is 123 Å². The highest BCUT2D eigenvalue weighted by atomic mass is 16.3. The maximum absolute atomic E-state index is 10.8. The molecule has 4 saturated carbocycles. The van der Waals surface area contributed by atoms with Gasteiger partial charge in [-0.1, -0.05) is 58.4 Å². The van der Waals surface area contributed by atoms with Gasteiger partial charge < -0.3 is 5.11 Å². The summed E-state index contributed by atoms with van der Waals surface area (Å²) in [5.74, 6) is 3.04. The zero-order valence-corrected chi connectivity index (χ0v) is 21.7. The highest BCUT2D eigenvalue weighted by molar-refractivity contribution is 5.20. The lowest BCUT2D eigenvalue weighted by Crippen LogP contribution is -2.63. The molecule has 176 valence electrons. The predicted octanol–water partition coefficient (Wildman–Crippen LogP) is 8.34. The number of allylic oxidation sites excluding steroid dienone is 3. The molecule has 31 heavy (non-hydrogen) atoms. The molecular formula is C30H50O. The summed E-state index contributed by atoms with van der Waals surface area (Å²) in [5.41, 5.74) is 4.31. The second-order valence-electron chi connectivity index (χ2n) is 13.7. The van der Waals surface area contributed by atoms with Crippen LogP contribution in [-0.4, -0.2) is 11.2 Å². The molecule has 2 unspecified atom stereocenters. The van der Waals surface area contributed by atoms with Crippen molar-refractivity contribution in [2.45, 2.75) is 119 Å². The fourth-order valence-electron chi connectivity index (χ4n) is 9.95. The van der Waals surface area contributed by atoms with Gasteiger partial charge in [0, 0.05) is 0 Å². The standard InChI is InChI=1S/C30H50O/c1-20(2)10-9-11-21(3)22-14-18-29(7)23(22)12-13-25-28(6)17-16-26(31)27(4,5)24(28)15-19-30(25,29)8/h10,22-26,31H,3,9,11-19H2,1-2,4-8H3/t22?,23?,24-,25+,26-,28-,29+,30+/m0/s1. The predicted molar refractivity (Wildman–Crippen MR) is 133 cm³/mol. The fraction of sp³-hybridized carbons (Fsp3) is 0.867. The maximum atomic E-state index is 10.8. The van der Waals surface area contributed by atoms with Crippen molar-refractivity contribution in [1.82, 2.24) is 0 Å². The van der Waals surface area contributed by atoms with Gasteiger partial charge in [-0.15, -0.1) is 0 Å². The Morgan fingerprint density at radius 2 is 1.55 bits per heavy atom. The van der Waals surface area contributed by atoms with E-state index in [4.69, 9.17) is 0 Å². The van der Waals surface area contributed by atoms with Crippen LogP contribution >= 0.6 is 0 Å². The minimum atomic E-state index is -0.123. The van der Waals surface area contributed by atoms with E-state index in [1.54, 1.807) is 0 Å². The quantitative estimate of drug-likeness (QED) is 0.448. The minimum Gasteiger partial charge on any atom is -0.393 e. The second kappa shape index (κ2) is 7.75. The molecule has 0 radical (unpaired) electrons. The van der Waals surface area contributed by atoms with E-state index < -0.39 is 0 Å². The zero-order valence-electron chi connectivity index (χ0n) is 21.7. The average Bonchev–Trinajstić information content (AvgIpc) is 3.03. The Bertz CT molecular complexity index is 742. The average molecular weight is 427 g/mol. The Morgan fingerprint density at radius 3 is 2.23 bits per heavy atom. The SMILES string of the molecule is C=C(CCC=C(C)C)C1CC[C@]2(C)C1CC[C@@H]1[C@@]3(C)CC[C@H](O)C(C)(C)[C@@H]3CC[C@]12C. The molecule has 4 aliphatic rings. The van der Waals surface area contributed by atoms with Crippen LogP contribution in [0.1, 0.15) is 113 Å². The lowest BCUT2D eigenvalue weighted by atomic mass is 9.35. The first-order valence-corrected chi connectivity index (χ1v) is 13.4. The molecule has 0 bridgehead atoms. The fourth-order valence-corrected chi connectivity index (χ4v) is 9.95. The molecule has 4 rings (SSSR count). The zero-order chi connectivity index (χ0) is 22.8. The van der Waals surface area contributed by atoms with Crippen molar-refractivity contribution in [3.05, 3.63) is 23.8 Å². The largest absolute Gasteiger partial charge is 0.393 e. The summed E-state index contributed by atoms with van der Waals surface area (Å²) in [6.45, 7) is 21.8. The summed E-state index contributed by atoms with van der Waals surface area (Å²) in [5, 5.41) is 10.8. The lowest BCUT2D eigenvalue weighted by molar-refractivity contribution is -0.220. The van der Waals surface area contributed by atoms with E-state index in [9.17, 15) is 5.11 Å². The highest BCUT2D eigenvalue weighted by Gasteiger charge is 2.68. The smallest absolute Gasteiger partial charge is 0.0594 e. The first-order chi connectivity index (χ1) is 14.4. The first-order valence-electron chi connectivity index (χ1n) is 13.4. The molecular weight excluding hydrogens is 376 g/mol. The summed E-state index contributed by atoms with van der Waals surface area (Å²) in [4.78, 5) is 0. The Hall–Kier alpha value is -0.560. The Morgan fingerprint density at radius 1 is 0.871 bits per heavy atom. The third kappa shape index (κ3) is 3.34. The number of rotatable bonds is 4. The molecule has 0 spiro atoms. The van der Waals surface area contributed by atoms with Gasteiger partial charge in [0.1, 0.15) is 0 Å². The molecule has 0 heterocycles. The van der Waals surface area contributed by atoms with Gasteiger partial charge in [0.15, 0.2) is 0 Å². The van der Waals surface area contributed by atoms with Crippen LogP contribution in [-0.2, 0) is 0 Å². The number of fused-ring (bicyclic) bond motifs is 5. The topological polar surface area (TPSA) is 20.2 Å². The maximum Gasteiger partial charge on any atom is 0.0594 e. The van der Waals surface area contributed by atoms with Crippen LogP contribution in [0.2, 0.25) is 0 Å². The summed E-state index contributed by atoms with van der Waals surface area (Å²) in [6, 6.07) is 0. The minimum absolute atomic E-state index is 0.0590. The molecule has 0 aliphatic heterocycles. The molecule has 0 saturated heterocycles. The van der Waals surface area contributed by atoms with Crippen molar-refractivity contribution < 1.29 is 5.11 Å². The van der Waals surface area contributed by atoms with E-state index in [-0.39, 0.29) is 11.5 Å². The highest BCUT2D eigenvalue weighted by Crippen LogP contribution is 2.75. The molecule has 4 fully saturated rings. The van der Waals surface area contributed by atoms with Crippen molar-refractivity contribution >= 4 is 0 Å². The van der Waals surface area contributed by atoms with Gasteiger partial charge in [0.25, 0.3) is 0 Å². The van der Waals surface area contributed by atoms with Gasteiger partial charge in [-0.2, -0.15) is 0 Å². The van der Waals surface area contributed by atoms with E-state index in [2.05, 4.69) is 61.1 Å². The molecule has 0 aromatic heterocycles. The molecule has 1 heteroatoms. The summed E-state index contributed by atoms with van der Waals surface area (Å²) >= 11 is 0. The van der Waals surface area contributed by atoms with Crippen LogP contribution in [0.5, 0.6) is 0 Å². The summed E-state index contributed by atoms with van der Waals surface area (Å²) in [7, 11) is 0. The van der Waals surface area contributed by atoms with E-state index in [0.717, 1.165) is 30.6 Å². The Balaban J connectivity index is 1.59. The van der Waals surface area contributed by atoms with Gasteiger partial charge >= 0.3 is 0 Å². The van der Waals surface area contributed by atoms with Gasteiger partial charge in [0.2, 0.25) is 0 Å². The molecule has 0 aromatic rings. The monoisotopic (exact) mass is 426 g/mol. The van der Waals surface area contributed by atoms with E-state index >= 15 is 0 Å². The van der Waals surface area contributed by atoms with Crippen LogP contribution in [0.4, 0.5) is 0 Å². The third-order valence-electron chi connectivity index (χ3n) is 11.9. The summed E-state index contributed by atoms with van der Waals surface area (Å²) < 4.78 is 0. The van der Waals surface area contributed by atoms with Crippen LogP contribution in [0.15, 0.2) is 23.8 Å². The summed E-state index contributed by atoms with van der Waals surface area (Å²) in [6.07, 6.45) is 15.0. The third-order valence-corrected chi connectivity index (χ3v) is 11.9. The van der Waals surface area contributed by atoms with Crippen LogP contribution < -0.4 is 0 Å². The van der Waals surface area contributed by atoms with Crippen molar-refractivity contribution in [3.63, 3.8) is 0 Å². The van der Waals surface area contributed by atoms with Crippen molar-refractivity contribution in [1.29, 1.82) is 0 Å². The van der Waals surface area contributed by atoms with E-state index in [0.29, 0.717) is 22.2 Å². The molecule has 0 aromatic carbocycles. The van der Waals surface area contributed by atoms with Crippen molar-refractivity contribution in [2.75, 3.05) is 0 Å². The second-order valence-corrected chi connectivity index (χ2v) is 13.7. The number of aliphatic hydroxyl groups is 1. The van der Waals surface area contributed by atoms with E-state index in [1.807, 2.05) is 0 Å². The van der Waals surface area contributed by atoms with Crippen LogP contribution in [0, 0.1) is 45.3 Å². The number of hydrogen-bond donors (Lipinski definition) is 1. The normalized spacial score (nSPS) is 48.3. The van der Waals surface area contributed by atoms with Crippen molar-refractivity contribution in [3.8, 4) is 0 Å². The first kappa shape index (κ1) is 23.6. The van der Waals surface area contributed by atoms with Gasteiger partial charge in [-0.25, -0.2) is 0 Å². The number of hydrogen-bond acceptors (Lipinski definition) is 1. The molecule has 1 nitrogen and oxygen atoms in total. The molecule has 4 aliphatic carbocycles. The van der Waals surface area contributed by atoms with Gasteiger partial charge in [-0.3, -0.25) is 0 Å². The molecule has 8 atom stereocenters. The molecule has 0 amide bonds. The lowest BCUT2D eigenvalue weighted by Gasteiger charge is -2.69. The number of aliphatic hydroxyl groups excluding tert-OH is 1. The Kier molecular flexibility index (Phi) is 5.90. The van der Waals surface area contributed by atoms with Crippen LogP contribution in [0.25, 0.3) is 0 Å². The van der Waals surface area contributed by atoms with Crippen LogP contribution in [0.3, 0.4) is 0 Å².